The molecule has 0 aliphatic heterocycles. The van der Waals surface area contributed by atoms with Crippen molar-refractivity contribution in [1.82, 2.24) is 5.32 Å². The average molecular weight is 244 g/mol. The first-order valence-electron chi connectivity index (χ1n) is 5.81. The maximum atomic E-state index is 11.8. The number of carbonyl (C=O) groups excluding carboxylic acids is 1. The highest BCUT2D eigenvalue weighted by molar-refractivity contribution is 5.91. The predicted octanol–water partition coefficient (Wildman–Crippen LogP) is 1.98. The van der Waals surface area contributed by atoms with Crippen molar-refractivity contribution < 1.29 is 9.21 Å². The minimum atomic E-state index is -0.226. The van der Waals surface area contributed by atoms with Crippen molar-refractivity contribution in [3.05, 3.63) is 59.0 Å². The van der Waals surface area contributed by atoms with Gasteiger partial charge in [0, 0.05) is 6.54 Å². The van der Waals surface area contributed by atoms with Gasteiger partial charge in [-0.2, -0.15) is 0 Å². The highest BCUT2D eigenvalue weighted by atomic mass is 16.4. The zero-order valence-corrected chi connectivity index (χ0v) is 10.3. The number of aryl methyl sites for hydroxylation is 1. The van der Waals surface area contributed by atoms with Crippen LogP contribution in [0, 0.1) is 6.92 Å². The number of nitrogens with one attached hydrogen (secondary N) is 1. The summed E-state index contributed by atoms with van der Waals surface area (Å²) >= 11 is 0. The molecule has 1 amide bonds. The van der Waals surface area contributed by atoms with Crippen molar-refractivity contribution in [2.24, 2.45) is 5.73 Å². The molecule has 0 unspecified atom stereocenters. The molecule has 3 N–H and O–H groups in total. The van der Waals surface area contributed by atoms with E-state index in [1.165, 1.54) is 5.56 Å². The Morgan fingerprint density at radius 1 is 1.33 bits per heavy atom. The van der Waals surface area contributed by atoms with E-state index < -0.39 is 0 Å². The van der Waals surface area contributed by atoms with E-state index in [1.54, 1.807) is 12.1 Å². The molecule has 2 rings (SSSR count). The van der Waals surface area contributed by atoms with Crippen LogP contribution in [-0.2, 0) is 13.1 Å². The first kappa shape index (κ1) is 12.4. The number of hydrogen-bond donors (Lipinski definition) is 2. The van der Waals surface area contributed by atoms with E-state index in [9.17, 15) is 4.79 Å². The van der Waals surface area contributed by atoms with Gasteiger partial charge in [0.15, 0.2) is 5.76 Å². The molecular weight excluding hydrogens is 228 g/mol. The summed E-state index contributed by atoms with van der Waals surface area (Å²) in [5, 5.41) is 2.81. The molecule has 0 atom stereocenters. The Bertz CT molecular complexity index is 546. The Morgan fingerprint density at radius 3 is 2.83 bits per heavy atom. The second-order valence-corrected chi connectivity index (χ2v) is 4.14. The van der Waals surface area contributed by atoms with Crippen LogP contribution in [0.4, 0.5) is 0 Å². The highest BCUT2D eigenvalue weighted by Crippen LogP contribution is 2.08. The van der Waals surface area contributed by atoms with Gasteiger partial charge in [0.1, 0.15) is 5.76 Å². The standard InChI is InChI=1S/C14H16N2O2/c1-10-3-2-4-11(7-10)9-16-14(17)13-6-5-12(8-15)18-13/h2-7H,8-9,15H2,1H3,(H,16,17). The molecule has 0 saturated heterocycles. The molecule has 1 aromatic carbocycles. The van der Waals surface area contributed by atoms with Crippen LogP contribution in [0.2, 0.25) is 0 Å². The van der Waals surface area contributed by atoms with E-state index >= 15 is 0 Å². The highest BCUT2D eigenvalue weighted by Gasteiger charge is 2.09. The summed E-state index contributed by atoms with van der Waals surface area (Å²) in [5.41, 5.74) is 7.65. The van der Waals surface area contributed by atoms with Crippen molar-refractivity contribution >= 4 is 5.91 Å². The summed E-state index contributed by atoms with van der Waals surface area (Å²) in [6.45, 7) is 2.80. The van der Waals surface area contributed by atoms with Crippen LogP contribution in [0.15, 0.2) is 40.8 Å². The molecule has 0 saturated carbocycles. The topological polar surface area (TPSA) is 68.3 Å². The zero-order valence-electron chi connectivity index (χ0n) is 10.3. The molecule has 18 heavy (non-hydrogen) atoms. The van der Waals surface area contributed by atoms with Crippen molar-refractivity contribution in [2.75, 3.05) is 0 Å². The predicted molar refractivity (Wildman–Crippen MR) is 68.9 cm³/mol. The van der Waals surface area contributed by atoms with Crippen molar-refractivity contribution in [2.45, 2.75) is 20.0 Å². The van der Waals surface area contributed by atoms with Gasteiger partial charge in [0.25, 0.3) is 5.91 Å². The first-order chi connectivity index (χ1) is 8.69. The molecule has 2 aromatic rings. The Kier molecular flexibility index (Phi) is 3.79. The lowest BCUT2D eigenvalue weighted by Crippen LogP contribution is -2.22. The lowest BCUT2D eigenvalue weighted by atomic mass is 10.1. The molecule has 0 fully saturated rings. The summed E-state index contributed by atoms with van der Waals surface area (Å²) in [6, 6.07) is 11.3. The van der Waals surface area contributed by atoms with E-state index in [0.717, 1.165) is 5.56 Å². The molecule has 4 heteroatoms. The maximum absolute atomic E-state index is 11.8. The minimum absolute atomic E-state index is 0.226. The van der Waals surface area contributed by atoms with Crippen LogP contribution in [0.5, 0.6) is 0 Å². The quantitative estimate of drug-likeness (QED) is 0.864. The normalized spacial score (nSPS) is 10.3. The van der Waals surface area contributed by atoms with E-state index in [0.29, 0.717) is 24.6 Å². The number of benzene rings is 1. The third-order valence-electron chi connectivity index (χ3n) is 2.62. The minimum Gasteiger partial charge on any atom is -0.455 e. The fourth-order valence-electron chi connectivity index (χ4n) is 1.70. The smallest absolute Gasteiger partial charge is 0.287 e. The third-order valence-corrected chi connectivity index (χ3v) is 2.62. The van der Waals surface area contributed by atoms with Gasteiger partial charge < -0.3 is 15.5 Å². The molecule has 4 nitrogen and oxygen atoms in total. The molecular formula is C14H16N2O2. The molecule has 0 bridgehead atoms. The number of carbonyl (C=O) groups is 1. The fraction of sp³-hybridized carbons (Fsp3) is 0.214. The molecule has 94 valence electrons. The fourth-order valence-corrected chi connectivity index (χ4v) is 1.70. The summed E-state index contributed by atoms with van der Waals surface area (Å²) in [5.74, 6) is 0.676. The molecule has 0 radical (unpaired) electrons. The third kappa shape index (κ3) is 2.99. The lowest BCUT2D eigenvalue weighted by Gasteiger charge is -2.04. The van der Waals surface area contributed by atoms with E-state index in [4.69, 9.17) is 10.2 Å². The SMILES string of the molecule is Cc1cccc(CNC(=O)c2ccc(CN)o2)c1. The van der Waals surface area contributed by atoms with Crippen LogP contribution in [0.3, 0.4) is 0 Å². The molecule has 0 aliphatic carbocycles. The molecule has 1 aromatic heterocycles. The molecule has 1 heterocycles. The Morgan fingerprint density at radius 2 is 2.17 bits per heavy atom. The number of hydrogen-bond acceptors (Lipinski definition) is 3. The first-order valence-corrected chi connectivity index (χ1v) is 5.81. The number of rotatable bonds is 4. The average Bonchev–Trinajstić information content (AvgIpc) is 2.85. The van der Waals surface area contributed by atoms with Crippen LogP contribution >= 0.6 is 0 Å². The van der Waals surface area contributed by atoms with E-state index in [2.05, 4.69) is 5.32 Å². The van der Waals surface area contributed by atoms with Gasteiger partial charge in [-0.15, -0.1) is 0 Å². The van der Waals surface area contributed by atoms with Gasteiger partial charge in [0.05, 0.1) is 6.54 Å². The number of furan rings is 1. The van der Waals surface area contributed by atoms with Crippen LogP contribution in [-0.4, -0.2) is 5.91 Å². The van der Waals surface area contributed by atoms with Crippen molar-refractivity contribution in [3.8, 4) is 0 Å². The van der Waals surface area contributed by atoms with Gasteiger partial charge in [-0.05, 0) is 24.6 Å². The summed E-state index contributed by atoms with van der Waals surface area (Å²) < 4.78 is 5.27. The summed E-state index contributed by atoms with van der Waals surface area (Å²) in [6.07, 6.45) is 0. The van der Waals surface area contributed by atoms with Gasteiger partial charge in [-0.3, -0.25) is 4.79 Å². The Labute approximate surface area is 106 Å². The maximum Gasteiger partial charge on any atom is 0.287 e. The van der Waals surface area contributed by atoms with Crippen LogP contribution in [0.25, 0.3) is 0 Å². The summed E-state index contributed by atoms with van der Waals surface area (Å²) in [7, 11) is 0. The monoisotopic (exact) mass is 244 g/mol. The molecule has 0 spiro atoms. The second-order valence-electron chi connectivity index (χ2n) is 4.14. The van der Waals surface area contributed by atoms with Gasteiger partial charge in [0.2, 0.25) is 0 Å². The Balaban J connectivity index is 1.96. The zero-order chi connectivity index (χ0) is 13.0. The van der Waals surface area contributed by atoms with E-state index in [1.807, 2.05) is 31.2 Å². The molecule has 0 aliphatic rings. The number of amides is 1. The second kappa shape index (κ2) is 5.51. The van der Waals surface area contributed by atoms with Crippen molar-refractivity contribution in [3.63, 3.8) is 0 Å². The van der Waals surface area contributed by atoms with Gasteiger partial charge in [-0.1, -0.05) is 29.8 Å². The lowest BCUT2D eigenvalue weighted by molar-refractivity contribution is 0.0921. The largest absolute Gasteiger partial charge is 0.455 e. The van der Waals surface area contributed by atoms with Crippen molar-refractivity contribution in [1.29, 1.82) is 0 Å². The van der Waals surface area contributed by atoms with Crippen LogP contribution in [0.1, 0.15) is 27.4 Å². The van der Waals surface area contributed by atoms with Gasteiger partial charge >= 0.3 is 0 Å². The van der Waals surface area contributed by atoms with Gasteiger partial charge in [-0.25, -0.2) is 0 Å². The summed E-state index contributed by atoms with van der Waals surface area (Å²) in [4.78, 5) is 11.8. The van der Waals surface area contributed by atoms with Crippen LogP contribution < -0.4 is 11.1 Å². The number of nitrogens with two attached hydrogens (primary N) is 1. The van der Waals surface area contributed by atoms with E-state index in [-0.39, 0.29) is 5.91 Å². The Hall–Kier alpha value is -2.07.